The first-order valence-corrected chi connectivity index (χ1v) is 8.97. The molecule has 3 atom stereocenters. The van der Waals surface area contributed by atoms with Gasteiger partial charge in [-0.2, -0.15) is 0 Å². The van der Waals surface area contributed by atoms with E-state index in [-0.39, 0.29) is 18.6 Å². The maximum absolute atomic E-state index is 12.9. The molecule has 1 heterocycles. The second-order valence-electron chi connectivity index (χ2n) is 7.14. The Morgan fingerprint density at radius 3 is 2.48 bits per heavy atom. The van der Waals surface area contributed by atoms with Crippen molar-refractivity contribution in [3.8, 4) is 0 Å². The molecule has 0 aromatic rings. The normalized spacial score (nSPS) is 33.7. The summed E-state index contributed by atoms with van der Waals surface area (Å²) in [4.78, 5) is 14.9. The number of nitrogens with zero attached hydrogens (tertiary/aromatic N) is 1. The molecular weight excluding hydrogens is 264 g/mol. The van der Waals surface area contributed by atoms with Gasteiger partial charge in [-0.25, -0.2) is 0 Å². The highest BCUT2D eigenvalue weighted by atomic mass is 16.3. The van der Waals surface area contributed by atoms with Crippen LogP contribution in [-0.4, -0.2) is 47.2 Å². The minimum atomic E-state index is -0.00324. The first-order chi connectivity index (χ1) is 10.3. The van der Waals surface area contributed by atoms with Gasteiger partial charge < -0.3 is 15.3 Å². The van der Waals surface area contributed by atoms with E-state index >= 15 is 0 Å². The molecule has 0 aromatic heterocycles. The van der Waals surface area contributed by atoms with Gasteiger partial charge in [0.1, 0.15) is 0 Å². The first-order valence-electron chi connectivity index (χ1n) is 8.97. The van der Waals surface area contributed by atoms with Gasteiger partial charge in [-0.3, -0.25) is 4.79 Å². The van der Waals surface area contributed by atoms with E-state index in [1.165, 1.54) is 44.9 Å². The van der Waals surface area contributed by atoms with Crippen molar-refractivity contribution >= 4 is 5.91 Å². The molecule has 1 amide bonds. The molecule has 0 spiro atoms. The van der Waals surface area contributed by atoms with Crippen molar-refractivity contribution in [2.24, 2.45) is 5.92 Å². The SMILES string of the molecule is O=C(C1CCC2CCCCC2N1)N(CCO)C1CCCC1. The average molecular weight is 294 g/mol. The van der Waals surface area contributed by atoms with Crippen LogP contribution in [0.15, 0.2) is 0 Å². The Bertz CT molecular complexity index is 355. The molecule has 0 bridgehead atoms. The van der Waals surface area contributed by atoms with Crippen LogP contribution in [0.3, 0.4) is 0 Å². The first kappa shape index (κ1) is 15.3. The number of nitrogens with one attached hydrogen (secondary N) is 1. The maximum Gasteiger partial charge on any atom is 0.240 e. The van der Waals surface area contributed by atoms with Gasteiger partial charge in [0.25, 0.3) is 0 Å². The lowest BCUT2D eigenvalue weighted by Crippen LogP contribution is -2.57. The highest BCUT2D eigenvalue weighted by Gasteiger charge is 2.37. The monoisotopic (exact) mass is 294 g/mol. The van der Waals surface area contributed by atoms with Crippen LogP contribution in [0.4, 0.5) is 0 Å². The zero-order chi connectivity index (χ0) is 14.7. The van der Waals surface area contributed by atoms with Crippen LogP contribution in [-0.2, 0) is 4.79 Å². The quantitative estimate of drug-likeness (QED) is 0.834. The van der Waals surface area contributed by atoms with Crippen LogP contribution in [0.5, 0.6) is 0 Å². The zero-order valence-electron chi connectivity index (χ0n) is 13.1. The number of carbonyl (C=O) groups is 1. The minimum absolute atomic E-state index is 0.00324. The van der Waals surface area contributed by atoms with E-state index in [0.29, 0.717) is 18.6 Å². The molecule has 3 aliphatic rings. The third-order valence-electron chi connectivity index (χ3n) is 5.84. The van der Waals surface area contributed by atoms with E-state index in [0.717, 1.165) is 25.2 Å². The van der Waals surface area contributed by atoms with Crippen molar-refractivity contribution in [3.63, 3.8) is 0 Å². The minimum Gasteiger partial charge on any atom is -0.395 e. The number of rotatable bonds is 4. The number of hydrogen-bond donors (Lipinski definition) is 2. The molecule has 1 saturated heterocycles. The zero-order valence-corrected chi connectivity index (χ0v) is 13.1. The molecule has 0 radical (unpaired) electrons. The van der Waals surface area contributed by atoms with Crippen LogP contribution in [0, 0.1) is 5.92 Å². The highest BCUT2D eigenvalue weighted by Crippen LogP contribution is 2.33. The third-order valence-corrected chi connectivity index (χ3v) is 5.84. The van der Waals surface area contributed by atoms with Crippen molar-refractivity contribution < 1.29 is 9.90 Å². The Morgan fingerprint density at radius 2 is 1.71 bits per heavy atom. The molecule has 2 aliphatic carbocycles. The number of fused-ring (bicyclic) bond motifs is 1. The van der Waals surface area contributed by atoms with Crippen molar-refractivity contribution in [2.75, 3.05) is 13.2 Å². The average Bonchev–Trinajstić information content (AvgIpc) is 3.05. The van der Waals surface area contributed by atoms with Gasteiger partial charge in [-0.05, 0) is 44.4 Å². The van der Waals surface area contributed by atoms with E-state index in [4.69, 9.17) is 0 Å². The Morgan fingerprint density at radius 1 is 1.00 bits per heavy atom. The fraction of sp³-hybridized carbons (Fsp3) is 0.941. The third kappa shape index (κ3) is 3.42. The Hall–Kier alpha value is -0.610. The number of carbonyl (C=O) groups excluding carboxylic acids is 1. The molecule has 1 aliphatic heterocycles. The van der Waals surface area contributed by atoms with Crippen molar-refractivity contribution in [1.29, 1.82) is 0 Å². The van der Waals surface area contributed by atoms with Gasteiger partial charge in [-0.15, -0.1) is 0 Å². The predicted molar refractivity (Wildman–Crippen MR) is 83.0 cm³/mol. The second kappa shape index (κ2) is 7.10. The summed E-state index contributed by atoms with van der Waals surface area (Å²) in [5.41, 5.74) is 0. The molecule has 4 heteroatoms. The molecule has 3 rings (SSSR count). The van der Waals surface area contributed by atoms with Gasteiger partial charge in [-0.1, -0.05) is 25.7 Å². The number of piperidine rings is 1. The van der Waals surface area contributed by atoms with Gasteiger partial charge in [0.05, 0.1) is 12.6 Å². The summed E-state index contributed by atoms with van der Waals surface area (Å²) in [6, 6.07) is 0.924. The van der Waals surface area contributed by atoms with Crippen LogP contribution >= 0.6 is 0 Å². The number of aliphatic hydroxyl groups excluding tert-OH is 1. The summed E-state index contributed by atoms with van der Waals surface area (Å²) in [7, 11) is 0. The summed E-state index contributed by atoms with van der Waals surface area (Å²) >= 11 is 0. The molecule has 21 heavy (non-hydrogen) atoms. The van der Waals surface area contributed by atoms with Crippen molar-refractivity contribution in [3.05, 3.63) is 0 Å². The number of amides is 1. The van der Waals surface area contributed by atoms with E-state index < -0.39 is 0 Å². The van der Waals surface area contributed by atoms with Gasteiger partial charge in [0, 0.05) is 18.6 Å². The van der Waals surface area contributed by atoms with Crippen molar-refractivity contribution in [1.82, 2.24) is 10.2 Å². The fourth-order valence-corrected chi connectivity index (χ4v) is 4.69. The molecule has 2 saturated carbocycles. The molecule has 4 nitrogen and oxygen atoms in total. The molecule has 2 N–H and O–H groups in total. The Labute approximate surface area is 128 Å². The van der Waals surface area contributed by atoms with Gasteiger partial charge >= 0.3 is 0 Å². The predicted octanol–water partition coefficient (Wildman–Crippen LogP) is 2.06. The van der Waals surface area contributed by atoms with Crippen LogP contribution < -0.4 is 5.32 Å². The second-order valence-corrected chi connectivity index (χ2v) is 7.14. The summed E-state index contributed by atoms with van der Waals surface area (Å²) < 4.78 is 0. The standard InChI is InChI=1S/C17H30N2O2/c20-12-11-19(14-6-2-3-7-14)17(21)16-10-9-13-5-1-4-8-15(13)18-16/h13-16,18,20H,1-12H2. The lowest BCUT2D eigenvalue weighted by atomic mass is 9.77. The molecule has 0 aromatic carbocycles. The number of aliphatic hydroxyl groups is 1. The fourth-order valence-electron chi connectivity index (χ4n) is 4.69. The smallest absolute Gasteiger partial charge is 0.240 e. The maximum atomic E-state index is 12.9. The van der Waals surface area contributed by atoms with E-state index in [2.05, 4.69) is 5.32 Å². The van der Waals surface area contributed by atoms with Gasteiger partial charge in [0.2, 0.25) is 5.91 Å². The lowest BCUT2D eigenvalue weighted by molar-refractivity contribution is -0.137. The van der Waals surface area contributed by atoms with E-state index in [1.54, 1.807) is 0 Å². The summed E-state index contributed by atoms with van der Waals surface area (Å²) in [5.74, 6) is 1.04. The van der Waals surface area contributed by atoms with E-state index in [9.17, 15) is 9.90 Å². The van der Waals surface area contributed by atoms with E-state index in [1.807, 2.05) is 4.90 Å². The Kier molecular flexibility index (Phi) is 5.17. The Balaban J connectivity index is 1.62. The molecule has 120 valence electrons. The number of hydrogen-bond acceptors (Lipinski definition) is 3. The summed E-state index contributed by atoms with van der Waals surface area (Å²) in [6.07, 6.45) is 12.1. The molecular formula is C17H30N2O2. The van der Waals surface area contributed by atoms with Crippen LogP contribution in [0.2, 0.25) is 0 Å². The largest absolute Gasteiger partial charge is 0.395 e. The molecule has 3 unspecified atom stereocenters. The summed E-state index contributed by atoms with van der Waals surface area (Å²) in [6.45, 7) is 0.594. The summed E-state index contributed by atoms with van der Waals surface area (Å²) in [5, 5.41) is 13.0. The van der Waals surface area contributed by atoms with Crippen LogP contribution in [0.25, 0.3) is 0 Å². The van der Waals surface area contributed by atoms with Gasteiger partial charge in [0.15, 0.2) is 0 Å². The topological polar surface area (TPSA) is 52.6 Å². The van der Waals surface area contributed by atoms with Crippen molar-refractivity contribution in [2.45, 2.75) is 82.3 Å². The molecule has 3 fully saturated rings. The highest BCUT2D eigenvalue weighted by molar-refractivity contribution is 5.82. The lowest BCUT2D eigenvalue weighted by Gasteiger charge is -2.42. The van der Waals surface area contributed by atoms with Crippen LogP contribution in [0.1, 0.15) is 64.2 Å².